The monoisotopic (exact) mass is 301 g/mol. The zero-order valence-corrected chi connectivity index (χ0v) is 11.2. The molecule has 5 heteroatoms. The first-order valence-corrected chi connectivity index (χ1v) is 6.18. The second kappa shape index (κ2) is 6.02. The number of alkyl halides is 1. The maximum absolute atomic E-state index is 10.8. The lowest BCUT2D eigenvalue weighted by Gasteiger charge is -2.17. The Labute approximate surface area is 109 Å². The molecule has 1 aromatic rings. The van der Waals surface area contributed by atoms with E-state index in [4.69, 9.17) is 15.6 Å². The average Bonchev–Trinajstić information content (AvgIpc) is 2.28. The van der Waals surface area contributed by atoms with Crippen molar-refractivity contribution in [1.29, 1.82) is 0 Å². The highest BCUT2D eigenvalue weighted by molar-refractivity contribution is 9.10. The summed E-state index contributed by atoms with van der Waals surface area (Å²) in [5.74, 6) is -0.282. The van der Waals surface area contributed by atoms with Gasteiger partial charge in [0.05, 0.1) is 6.61 Å². The molecular formula is C12H16BrNO3. The number of aryl methyl sites for hydroxylation is 1. The summed E-state index contributed by atoms with van der Waals surface area (Å²) in [5.41, 5.74) is 6.57. The summed E-state index contributed by atoms with van der Waals surface area (Å²) >= 11 is 3.00. The minimum atomic E-state index is -1.38. The summed E-state index contributed by atoms with van der Waals surface area (Å²) in [6, 6.07) is 7.56. The fourth-order valence-corrected chi connectivity index (χ4v) is 1.63. The van der Waals surface area contributed by atoms with Gasteiger partial charge in [0, 0.05) is 0 Å². The number of aliphatic carboxylic acids is 1. The predicted molar refractivity (Wildman–Crippen MR) is 69.4 cm³/mol. The van der Waals surface area contributed by atoms with Gasteiger partial charge in [-0.05, 0) is 31.4 Å². The van der Waals surface area contributed by atoms with Crippen molar-refractivity contribution in [3.8, 4) is 5.75 Å². The SMILES string of the molecule is CCOc1ccccc1CCC(N)(Br)C(=O)O. The third kappa shape index (κ3) is 4.02. The van der Waals surface area contributed by atoms with Gasteiger partial charge in [-0.3, -0.25) is 0 Å². The zero-order valence-electron chi connectivity index (χ0n) is 9.65. The summed E-state index contributed by atoms with van der Waals surface area (Å²) in [5, 5.41) is 8.89. The van der Waals surface area contributed by atoms with E-state index in [1.165, 1.54) is 0 Å². The van der Waals surface area contributed by atoms with Crippen LogP contribution in [0.5, 0.6) is 5.75 Å². The molecule has 0 aliphatic rings. The number of benzene rings is 1. The van der Waals surface area contributed by atoms with Crippen molar-refractivity contribution in [1.82, 2.24) is 0 Å². The summed E-state index contributed by atoms with van der Waals surface area (Å²) in [4.78, 5) is 10.8. The Morgan fingerprint density at radius 1 is 1.53 bits per heavy atom. The lowest BCUT2D eigenvalue weighted by molar-refractivity contribution is -0.139. The van der Waals surface area contributed by atoms with E-state index in [0.29, 0.717) is 19.4 Å². The van der Waals surface area contributed by atoms with Gasteiger partial charge in [-0.1, -0.05) is 34.1 Å². The van der Waals surface area contributed by atoms with E-state index in [1.54, 1.807) is 0 Å². The molecule has 0 saturated heterocycles. The standard InChI is InChI=1S/C12H16BrNO3/c1-2-17-10-6-4-3-5-9(10)7-8-12(13,14)11(15)16/h3-6H,2,7-8,14H2,1H3,(H,15,16). The molecular weight excluding hydrogens is 286 g/mol. The van der Waals surface area contributed by atoms with Crippen molar-refractivity contribution < 1.29 is 14.6 Å². The van der Waals surface area contributed by atoms with E-state index in [2.05, 4.69) is 15.9 Å². The molecule has 0 amide bonds. The second-order valence-corrected chi connectivity index (χ2v) is 5.12. The first kappa shape index (κ1) is 14.0. The van der Waals surface area contributed by atoms with Crippen LogP contribution in [0.2, 0.25) is 0 Å². The van der Waals surface area contributed by atoms with Crippen molar-refractivity contribution in [3.05, 3.63) is 29.8 Å². The normalized spacial score (nSPS) is 14.1. The van der Waals surface area contributed by atoms with Crippen LogP contribution >= 0.6 is 15.9 Å². The molecule has 1 unspecified atom stereocenters. The van der Waals surface area contributed by atoms with E-state index in [-0.39, 0.29) is 0 Å². The highest BCUT2D eigenvalue weighted by atomic mass is 79.9. The molecule has 0 aliphatic carbocycles. The second-order valence-electron chi connectivity index (χ2n) is 3.71. The third-order valence-corrected chi connectivity index (χ3v) is 3.12. The van der Waals surface area contributed by atoms with Crippen LogP contribution in [0.15, 0.2) is 24.3 Å². The number of carboxylic acids is 1. The number of ether oxygens (including phenoxy) is 1. The zero-order chi connectivity index (χ0) is 12.9. The average molecular weight is 302 g/mol. The Kier molecular flexibility index (Phi) is 4.96. The number of carboxylic acid groups (broad SMARTS) is 1. The highest BCUT2D eigenvalue weighted by Gasteiger charge is 2.30. The molecule has 17 heavy (non-hydrogen) atoms. The topological polar surface area (TPSA) is 72.5 Å². The van der Waals surface area contributed by atoms with Crippen LogP contribution in [0.25, 0.3) is 0 Å². The van der Waals surface area contributed by atoms with Gasteiger partial charge in [0.15, 0.2) is 4.45 Å². The molecule has 0 heterocycles. The van der Waals surface area contributed by atoms with Gasteiger partial charge >= 0.3 is 5.97 Å². The van der Waals surface area contributed by atoms with Crippen molar-refractivity contribution in [3.63, 3.8) is 0 Å². The number of hydrogen-bond acceptors (Lipinski definition) is 3. The van der Waals surface area contributed by atoms with Crippen LogP contribution in [0, 0.1) is 0 Å². The molecule has 1 rings (SSSR count). The number of halogens is 1. The fourth-order valence-electron chi connectivity index (χ4n) is 1.43. The number of para-hydroxylation sites is 1. The van der Waals surface area contributed by atoms with Crippen LogP contribution in [0.1, 0.15) is 18.9 Å². The van der Waals surface area contributed by atoms with Crippen molar-refractivity contribution in [2.24, 2.45) is 5.73 Å². The lowest BCUT2D eigenvalue weighted by Crippen LogP contribution is -2.41. The number of carbonyl (C=O) groups is 1. The van der Waals surface area contributed by atoms with Gasteiger partial charge in [-0.15, -0.1) is 0 Å². The molecule has 1 aromatic carbocycles. The molecule has 0 aliphatic heterocycles. The van der Waals surface area contributed by atoms with E-state index < -0.39 is 10.4 Å². The molecule has 94 valence electrons. The van der Waals surface area contributed by atoms with E-state index in [9.17, 15) is 4.79 Å². The summed E-state index contributed by atoms with van der Waals surface area (Å²) < 4.78 is 4.08. The molecule has 3 N–H and O–H groups in total. The Bertz CT molecular complexity index is 393. The summed E-state index contributed by atoms with van der Waals surface area (Å²) in [6.07, 6.45) is 0.844. The molecule has 1 atom stereocenters. The molecule has 0 aromatic heterocycles. The van der Waals surface area contributed by atoms with Crippen LogP contribution in [0.4, 0.5) is 0 Å². The van der Waals surface area contributed by atoms with Crippen LogP contribution in [-0.2, 0) is 11.2 Å². The molecule has 0 radical (unpaired) electrons. The third-order valence-electron chi connectivity index (χ3n) is 2.39. The Morgan fingerprint density at radius 3 is 2.76 bits per heavy atom. The molecule has 4 nitrogen and oxygen atoms in total. The van der Waals surface area contributed by atoms with Gasteiger partial charge in [0.1, 0.15) is 5.75 Å². The maximum atomic E-state index is 10.8. The van der Waals surface area contributed by atoms with Crippen LogP contribution in [0.3, 0.4) is 0 Å². The van der Waals surface area contributed by atoms with Gasteiger partial charge in [-0.25, -0.2) is 4.79 Å². The Morgan fingerprint density at radius 2 is 2.18 bits per heavy atom. The number of rotatable bonds is 6. The minimum Gasteiger partial charge on any atom is -0.494 e. The van der Waals surface area contributed by atoms with Crippen molar-refractivity contribution in [2.45, 2.75) is 24.2 Å². The van der Waals surface area contributed by atoms with E-state index >= 15 is 0 Å². The van der Waals surface area contributed by atoms with Crippen molar-refractivity contribution in [2.75, 3.05) is 6.61 Å². The molecule has 0 bridgehead atoms. The minimum absolute atomic E-state index is 0.298. The van der Waals surface area contributed by atoms with E-state index in [0.717, 1.165) is 11.3 Å². The summed E-state index contributed by atoms with van der Waals surface area (Å²) in [7, 11) is 0. The van der Waals surface area contributed by atoms with Crippen LogP contribution in [-0.4, -0.2) is 22.1 Å². The highest BCUT2D eigenvalue weighted by Crippen LogP contribution is 2.24. The number of hydrogen-bond donors (Lipinski definition) is 2. The van der Waals surface area contributed by atoms with Gasteiger partial charge in [0.25, 0.3) is 0 Å². The fraction of sp³-hybridized carbons (Fsp3) is 0.417. The first-order chi connectivity index (χ1) is 7.97. The maximum Gasteiger partial charge on any atom is 0.334 e. The van der Waals surface area contributed by atoms with Gasteiger partial charge < -0.3 is 15.6 Å². The van der Waals surface area contributed by atoms with Gasteiger partial charge in [0.2, 0.25) is 0 Å². The predicted octanol–water partition coefficient (Wildman–Crippen LogP) is 2.15. The van der Waals surface area contributed by atoms with E-state index in [1.807, 2.05) is 31.2 Å². The summed E-state index contributed by atoms with van der Waals surface area (Å²) in [6.45, 7) is 2.49. The Balaban J connectivity index is 2.72. The van der Waals surface area contributed by atoms with Crippen LogP contribution < -0.4 is 10.5 Å². The number of nitrogens with two attached hydrogens (primary N) is 1. The smallest absolute Gasteiger partial charge is 0.334 e. The Hall–Kier alpha value is -1.07. The molecule has 0 spiro atoms. The molecule has 0 fully saturated rings. The molecule has 0 saturated carbocycles. The first-order valence-electron chi connectivity index (χ1n) is 5.39. The van der Waals surface area contributed by atoms with Gasteiger partial charge in [-0.2, -0.15) is 0 Å². The largest absolute Gasteiger partial charge is 0.494 e. The quantitative estimate of drug-likeness (QED) is 0.624. The van der Waals surface area contributed by atoms with Crippen molar-refractivity contribution >= 4 is 21.9 Å². The lowest BCUT2D eigenvalue weighted by atomic mass is 10.0.